The number of nitrogens with two attached hydrogens (primary N) is 1. The number of nitrogen functional groups attached to an aromatic ring is 1. The normalized spacial score (nSPS) is 10.9. The Labute approximate surface area is 159 Å². The minimum absolute atomic E-state index is 0.167. The number of Topliss-reactive ketones (excluding diaryl/α,β-unsaturated/α-hetero) is 1. The Morgan fingerprint density at radius 1 is 1.08 bits per heavy atom. The zero-order chi connectivity index (χ0) is 17.9. The molecule has 3 aromatic heterocycles. The Balaban J connectivity index is 1.44. The molecule has 26 heavy (non-hydrogen) atoms. The minimum Gasteiger partial charge on any atom is -0.382 e. The van der Waals surface area contributed by atoms with Gasteiger partial charge in [-0.3, -0.25) is 4.79 Å². The molecule has 3 N–H and O–H groups in total. The second-order valence-corrected chi connectivity index (χ2v) is 8.00. The first-order chi connectivity index (χ1) is 12.7. The van der Waals surface area contributed by atoms with E-state index in [1.165, 1.54) is 9.40 Å². The number of carbonyl (C=O) groups is 1. The number of carbonyl (C=O) groups excluding carboxylic acids is 1. The van der Waals surface area contributed by atoms with E-state index in [-0.39, 0.29) is 5.78 Å². The highest BCUT2D eigenvalue weighted by atomic mass is 32.1. The lowest BCUT2D eigenvalue weighted by Crippen LogP contribution is -2.05. The van der Waals surface area contributed by atoms with Crippen LogP contribution >= 0.6 is 22.7 Å². The summed E-state index contributed by atoms with van der Waals surface area (Å²) in [6.07, 6.45) is 2.08. The van der Waals surface area contributed by atoms with Crippen LogP contribution in [0.5, 0.6) is 0 Å². The van der Waals surface area contributed by atoms with Gasteiger partial charge in [-0.05, 0) is 40.8 Å². The van der Waals surface area contributed by atoms with Gasteiger partial charge in [0.25, 0.3) is 0 Å². The molecule has 0 spiro atoms. The van der Waals surface area contributed by atoms with Gasteiger partial charge in [0.05, 0.1) is 10.6 Å². The van der Waals surface area contributed by atoms with E-state index in [9.17, 15) is 4.79 Å². The Morgan fingerprint density at radius 2 is 1.96 bits per heavy atom. The highest BCUT2D eigenvalue weighted by molar-refractivity contribution is 7.27. The van der Waals surface area contributed by atoms with Crippen molar-refractivity contribution < 1.29 is 4.79 Å². The lowest BCUT2D eigenvalue weighted by Gasteiger charge is -2.09. The zero-order valence-corrected chi connectivity index (χ0v) is 15.6. The number of hydrogen-bond donors (Lipinski definition) is 2. The van der Waals surface area contributed by atoms with Gasteiger partial charge < -0.3 is 11.1 Å². The van der Waals surface area contributed by atoms with Crippen molar-refractivity contribution in [2.75, 3.05) is 11.1 Å². The van der Waals surface area contributed by atoms with E-state index >= 15 is 0 Å². The van der Waals surface area contributed by atoms with Crippen LogP contribution in [0.3, 0.4) is 0 Å². The average Bonchev–Trinajstić information content (AvgIpc) is 3.23. The topological polar surface area (TPSA) is 68.0 Å². The number of rotatable bonds is 6. The number of hydrogen-bond acceptors (Lipinski definition) is 6. The maximum atomic E-state index is 12.6. The Bertz CT molecular complexity index is 1040. The first kappa shape index (κ1) is 16.8. The molecule has 0 saturated heterocycles. The predicted molar refractivity (Wildman–Crippen MR) is 110 cm³/mol. The van der Waals surface area contributed by atoms with E-state index in [1.807, 2.05) is 36.4 Å². The van der Waals surface area contributed by atoms with E-state index < -0.39 is 0 Å². The fourth-order valence-electron chi connectivity index (χ4n) is 2.79. The number of aromatic nitrogens is 1. The maximum Gasteiger partial charge on any atom is 0.177 e. The van der Waals surface area contributed by atoms with Gasteiger partial charge in [0, 0.05) is 28.6 Å². The molecule has 0 atom stereocenters. The number of anilines is 2. The molecule has 0 aliphatic rings. The molecule has 0 saturated carbocycles. The van der Waals surface area contributed by atoms with Crippen LogP contribution in [-0.4, -0.2) is 10.8 Å². The van der Waals surface area contributed by atoms with Crippen LogP contribution in [0.2, 0.25) is 0 Å². The van der Waals surface area contributed by atoms with Crippen LogP contribution in [0.1, 0.15) is 20.8 Å². The van der Waals surface area contributed by atoms with E-state index in [0.29, 0.717) is 18.8 Å². The third-order valence-corrected chi connectivity index (χ3v) is 6.23. The van der Waals surface area contributed by atoms with Crippen LogP contribution < -0.4 is 11.1 Å². The summed E-state index contributed by atoms with van der Waals surface area (Å²) in [5.74, 6) is 0.650. The van der Waals surface area contributed by atoms with Crippen molar-refractivity contribution in [3.8, 4) is 0 Å². The number of ketones is 1. The molecular weight excluding hydrogens is 362 g/mol. The summed E-state index contributed by atoms with van der Waals surface area (Å²) >= 11 is 3.25. The van der Waals surface area contributed by atoms with Gasteiger partial charge in [-0.2, -0.15) is 0 Å². The summed E-state index contributed by atoms with van der Waals surface area (Å²) in [5, 5.41) is 5.34. The Hall–Kier alpha value is -2.70. The molecule has 0 aliphatic carbocycles. The molecular formula is C20H17N3OS2. The lowest BCUT2D eigenvalue weighted by molar-refractivity contribution is 0.0997. The van der Waals surface area contributed by atoms with Crippen molar-refractivity contribution in [3.63, 3.8) is 0 Å². The number of nitrogens with zero attached hydrogens (tertiary/aromatic N) is 1. The molecule has 0 amide bonds. The number of thiophene rings is 2. The maximum absolute atomic E-state index is 12.6. The van der Waals surface area contributed by atoms with E-state index in [0.717, 1.165) is 21.7 Å². The Morgan fingerprint density at radius 3 is 2.81 bits per heavy atom. The van der Waals surface area contributed by atoms with Gasteiger partial charge >= 0.3 is 0 Å². The first-order valence-corrected chi connectivity index (χ1v) is 9.91. The van der Waals surface area contributed by atoms with Crippen molar-refractivity contribution in [3.05, 3.63) is 76.1 Å². The van der Waals surface area contributed by atoms with E-state index in [4.69, 9.17) is 5.73 Å². The fraction of sp³-hybridized carbons (Fsp3) is 0.100. The third kappa shape index (κ3) is 3.61. The first-order valence-electron chi connectivity index (χ1n) is 8.21. The third-order valence-electron chi connectivity index (χ3n) is 4.09. The molecule has 0 unspecified atom stereocenters. The monoisotopic (exact) mass is 379 g/mol. The van der Waals surface area contributed by atoms with Crippen LogP contribution in [0.15, 0.2) is 60.1 Å². The van der Waals surface area contributed by atoms with Crippen molar-refractivity contribution in [2.45, 2.75) is 13.0 Å². The van der Waals surface area contributed by atoms with Gasteiger partial charge in [-0.25, -0.2) is 4.98 Å². The lowest BCUT2D eigenvalue weighted by atomic mass is 10.0. The molecule has 4 nitrogen and oxygen atoms in total. The van der Waals surface area contributed by atoms with Gasteiger partial charge in [-0.1, -0.05) is 24.3 Å². The zero-order valence-electron chi connectivity index (χ0n) is 13.9. The number of nitrogens with one attached hydrogen (secondary N) is 1. The van der Waals surface area contributed by atoms with Crippen LogP contribution in [0, 0.1) is 0 Å². The van der Waals surface area contributed by atoms with Crippen LogP contribution in [0.25, 0.3) is 9.40 Å². The molecule has 4 aromatic rings. The number of benzene rings is 1. The highest BCUT2D eigenvalue weighted by Crippen LogP contribution is 2.30. The molecule has 0 radical (unpaired) electrons. The summed E-state index contributed by atoms with van der Waals surface area (Å²) in [6, 6.07) is 15.9. The van der Waals surface area contributed by atoms with E-state index in [1.54, 1.807) is 28.9 Å². The molecule has 0 bridgehead atoms. The van der Waals surface area contributed by atoms with Crippen molar-refractivity contribution in [1.82, 2.24) is 4.98 Å². The molecule has 1 aromatic carbocycles. The second kappa shape index (κ2) is 7.27. The van der Waals surface area contributed by atoms with Crippen LogP contribution in [0.4, 0.5) is 11.5 Å². The molecule has 3 heterocycles. The quantitative estimate of drug-likeness (QED) is 0.464. The summed E-state index contributed by atoms with van der Waals surface area (Å²) in [4.78, 5) is 17.5. The van der Waals surface area contributed by atoms with E-state index in [2.05, 4.69) is 27.8 Å². The summed E-state index contributed by atoms with van der Waals surface area (Å²) in [7, 11) is 0. The van der Waals surface area contributed by atoms with Crippen molar-refractivity contribution in [1.29, 1.82) is 0 Å². The molecule has 0 fully saturated rings. The van der Waals surface area contributed by atoms with Gasteiger partial charge in [-0.15, -0.1) is 22.7 Å². The smallest absolute Gasteiger partial charge is 0.177 e. The largest absolute Gasteiger partial charge is 0.382 e. The second-order valence-electron chi connectivity index (χ2n) is 5.97. The standard InChI is InChI=1S/C20H17N3OS2/c21-20-15(5-2-7-22-20)23-12-14-4-1-3-13(9-14)10-16(24)18-11-19-17(26-18)6-8-25-19/h1-9,11,23H,10,12H2,(H2,21,22). The molecule has 130 valence electrons. The Kier molecular flexibility index (Phi) is 4.69. The summed E-state index contributed by atoms with van der Waals surface area (Å²) in [5.41, 5.74) is 8.79. The summed E-state index contributed by atoms with van der Waals surface area (Å²) in [6.45, 7) is 0.632. The van der Waals surface area contributed by atoms with Gasteiger partial charge in [0.15, 0.2) is 5.78 Å². The fourth-order valence-corrected chi connectivity index (χ4v) is 4.84. The van der Waals surface area contributed by atoms with Crippen molar-refractivity contribution >= 4 is 49.4 Å². The SMILES string of the molecule is Nc1ncccc1NCc1cccc(CC(=O)c2cc3sccc3s2)c1. The molecule has 4 rings (SSSR count). The average molecular weight is 380 g/mol. The number of pyridine rings is 1. The molecule has 0 aliphatic heterocycles. The summed E-state index contributed by atoms with van der Waals surface area (Å²) < 4.78 is 2.37. The highest BCUT2D eigenvalue weighted by Gasteiger charge is 2.12. The predicted octanol–water partition coefficient (Wildman–Crippen LogP) is 4.98. The van der Waals surface area contributed by atoms with Gasteiger partial charge in [0.2, 0.25) is 0 Å². The minimum atomic E-state index is 0.167. The van der Waals surface area contributed by atoms with Gasteiger partial charge in [0.1, 0.15) is 5.82 Å². The van der Waals surface area contributed by atoms with Crippen molar-refractivity contribution in [2.24, 2.45) is 0 Å². The molecule has 6 heteroatoms. The van der Waals surface area contributed by atoms with Crippen LogP contribution in [-0.2, 0) is 13.0 Å². The number of fused-ring (bicyclic) bond motifs is 1.